The second kappa shape index (κ2) is 5.02. The van der Waals surface area contributed by atoms with E-state index in [1.807, 2.05) is 47.3 Å². The van der Waals surface area contributed by atoms with Crippen LogP contribution in [-0.4, -0.2) is 9.78 Å². The van der Waals surface area contributed by atoms with Crippen molar-refractivity contribution in [1.29, 1.82) is 0 Å². The molecule has 1 heterocycles. The van der Waals surface area contributed by atoms with Gasteiger partial charge in [0.05, 0.1) is 18.3 Å². The van der Waals surface area contributed by atoms with E-state index in [-0.39, 0.29) is 0 Å². The summed E-state index contributed by atoms with van der Waals surface area (Å²) in [6, 6.07) is 18.3. The highest BCUT2D eigenvalue weighted by atomic mass is 16.5. The first-order valence-corrected chi connectivity index (χ1v) is 5.96. The summed E-state index contributed by atoms with van der Waals surface area (Å²) in [7, 11) is 0. The molecule has 3 heteroatoms. The summed E-state index contributed by atoms with van der Waals surface area (Å²) < 4.78 is 7.55. The Bertz CT molecular complexity index is 631. The van der Waals surface area contributed by atoms with Crippen molar-refractivity contribution in [2.45, 2.75) is 13.3 Å². The van der Waals surface area contributed by atoms with Crippen molar-refractivity contribution in [2.24, 2.45) is 0 Å². The highest BCUT2D eigenvalue weighted by Crippen LogP contribution is 2.12. The van der Waals surface area contributed by atoms with Gasteiger partial charge in [0.1, 0.15) is 6.73 Å². The van der Waals surface area contributed by atoms with E-state index in [2.05, 4.69) is 23.3 Å². The van der Waals surface area contributed by atoms with Crippen LogP contribution in [0, 0.1) is 0 Å². The number of aromatic nitrogens is 2. The molecule has 0 saturated carbocycles. The summed E-state index contributed by atoms with van der Waals surface area (Å²) in [6.45, 7) is 1.08. The van der Waals surface area contributed by atoms with Gasteiger partial charge in [-0.2, -0.15) is 5.10 Å². The predicted octanol–water partition coefficient (Wildman–Crippen LogP) is 3.21. The fourth-order valence-corrected chi connectivity index (χ4v) is 1.95. The topological polar surface area (TPSA) is 27.1 Å². The van der Waals surface area contributed by atoms with Gasteiger partial charge in [0.25, 0.3) is 0 Å². The number of benzene rings is 2. The molecule has 0 aliphatic carbocycles. The van der Waals surface area contributed by atoms with E-state index in [1.54, 1.807) is 0 Å². The molecule has 0 amide bonds. The monoisotopic (exact) mass is 238 g/mol. The van der Waals surface area contributed by atoms with Crippen molar-refractivity contribution >= 4 is 10.9 Å². The predicted molar refractivity (Wildman–Crippen MR) is 71.0 cm³/mol. The molecule has 0 N–H and O–H groups in total. The molecule has 3 aromatic rings. The van der Waals surface area contributed by atoms with Crippen LogP contribution in [0.15, 0.2) is 60.8 Å². The number of ether oxygens (including phenoxy) is 1. The third kappa shape index (κ3) is 2.26. The maximum atomic E-state index is 5.67. The van der Waals surface area contributed by atoms with Crippen molar-refractivity contribution in [1.82, 2.24) is 9.78 Å². The van der Waals surface area contributed by atoms with E-state index in [0.29, 0.717) is 13.3 Å². The smallest absolute Gasteiger partial charge is 0.140 e. The van der Waals surface area contributed by atoms with Crippen molar-refractivity contribution < 1.29 is 4.74 Å². The summed E-state index contributed by atoms with van der Waals surface area (Å²) in [5.74, 6) is 0. The molecule has 0 atom stereocenters. The van der Waals surface area contributed by atoms with Gasteiger partial charge in [-0.3, -0.25) is 0 Å². The number of rotatable bonds is 4. The Morgan fingerprint density at radius 1 is 0.944 bits per heavy atom. The number of hydrogen-bond acceptors (Lipinski definition) is 2. The second-order valence-corrected chi connectivity index (χ2v) is 4.17. The van der Waals surface area contributed by atoms with Crippen LogP contribution in [-0.2, 0) is 18.1 Å². The van der Waals surface area contributed by atoms with Crippen LogP contribution >= 0.6 is 0 Å². The summed E-state index contributed by atoms with van der Waals surface area (Å²) in [4.78, 5) is 0. The molecule has 3 rings (SSSR count). The van der Waals surface area contributed by atoms with E-state index in [0.717, 1.165) is 10.9 Å². The quantitative estimate of drug-likeness (QED) is 0.698. The zero-order valence-corrected chi connectivity index (χ0v) is 9.99. The molecule has 90 valence electrons. The van der Waals surface area contributed by atoms with Crippen LogP contribution in [0.5, 0.6) is 0 Å². The lowest BCUT2D eigenvalue weighted by atomic mass is 10.2. The molecular weight excluding hydrogens is 224 g/mol. The maximum Gasteiger partial charge on any atom is 0.140 e. The van der Waals surface area contributed by atoms with E-state index >= 15 is 0 Å². The normalized spacial score (nSPS) is 10.9. The van der Waals surface area contributed by atoms with Gasteiger partial charge in [0.15, 0.2) is 0 Å². The lowest BCUT2D eigenvalue weighted by Gasteiger charge is -2.05. The molecule has 2 aromatic carbocycles. The zero-order chi connectivity index (χ0) is 12.2. The minimum atomic E-state index is 0.475. The lowest BCUT2D eigenvalue weighted by Crippen LogP contribution is -2.04. The average molecular weight is 238 g/mol. The molecule has 0 unspecified atom stereocenters. The van der Waals surface area contributed by atoms with E-state index in [4.69, 9.17) is 4.74 Å². The molecule has 0 spiro atoms. The Kier molecular flexibility index (Phi) is 3.07. The van der Waals surface area contributed by atoms with Gasteiger partial charge in [-0.25, -0.2) is 4.68 Å². The number of nitrogens with zero attached hydrogens (tertiary/aromatic N) is 2. The molecular formula is C15H14N2O. The van der Waals surface area contributed by atoms with Gasteiger partial charge in [0.2, 0.25) is 0 Å². The van der Waals surface area contributed by atoms with Crippen LogP contribution in [0.1, 0.15) is 5.56 Å². The van der Waals surface area contributed by atoms with Gasteiger partial charge in [-0.1, -0.05) is 48.5 Å². The maximum absolute atomic E-state index is 5.67. The van der Waals surface area contributed by atoms with Gasteiger partial charge >= 0.3 is 0 Å². The molecule has 1 aromatic heterocycles. The van der Waals surface area contributed by atoms with Crippen molar-refractivity contribution in [2.75, 3.05) is 0 Å². The fourth-order valence-electron chi connectivity index (χ4n) is 1.95. The summed E-state index contributed by atoms with van der Waals surface area (Å²) >= 11 is 0. The average Bonchev–Trinajstić information content (AvgIpc) is 2.84. The summed E-state index contributed by atoms with van der Waals surface area (Å²) in [6.07, 6.45) is 1.86. The van der Waals surface area contributed by atoms with Gasteiger partial charge in [0, 0.05) is 5.39 Å². The van der Waals surface area contributed by atoms with Crippen molar-refractivity contribution in [3.05, 3.63) is 66.4 Å². The first-order chi connectivity index (χ1) is 8.93. The number of fused-ring (bicyclic) bond motifs is 1. The Balaban J connectivity index is 1.67. The van der Waals surface area contributed by atoms with Gasteiger partial charge in [-0.15, -0.1) is 0 Å². The SMILES string of the molecule is c1ccc(COCn2ncc3ccccc32)cc1. The Morgan fingerprint density at radius 2 is 1.72 bits per heavy atom. The van der Waals surface area contributed by atoms with Crippen molar-refractivity contribution in [3.8, 4) is 0 Å². The molecule has 0 aliphatic heterocycles. The third-order valence-electron chi connectivity index (χ3n) is 2.88. The zero-order valence-electron chi connectivity index (χ0n) is 9.99. The van der Waals surface area contributed by atoms with Crippen LogP contribution in [0.2, 0.25) is 0 Å². The highest BCUT2D eigenvalue weighted by molar-refractivity contribution is 5.78. The fraction of sp³-hybridized carbons (Fsp3) is 0.133. The van der Waals surface area contributed by atoms with Crippen LogP contribution in [0.25, 0.3) is 10.9 Å². The molecule has 0 bridgehead atoms. The van der Waals surface area contributed by atoms with Gasteiger partial charge < -0.3 is 4.74 Å². The molecule has 0 radical (unpaired) electrons. The Morgan fingerprint density at radius 3 is 2.61 bits per heavy atom. The standard InChI is InChI=1S/C15H14N2O/c1-2-6-13(7-3-1)11-18-12-17-15-9-5-4-8-14(15)10-16-17/h1-10H,11-12H2. The largest absolute Gasteiger partial charge is 0.355 e. The first-order valence-electron chi connectivity index (χ1n) is 5.96. The number of hydrogen-bond donors (Lipinski definition) is 0. The minimum Gasteiger partial charge on any atom is -0.355 e. The van der Waals surface area contributed by atoms with E-state index < -0.39 is 0 Å². The second-order valence-electron chi connectivity index (χ2n) is 4.17. The Hall–Kier alpha value is -2.13. The van der Waals surface area contributed by atoms with Crippen LogP contribution in [0.4, 0.5) is 0 Å². The molecule has 18 heavy (non-hydrogen) atoms. The molecule has 3 nitrogen and oxygen atoms in total. The third-order valence-corrected chi connectivity index (χ3v) is 2.88. The Labute approximate surface area is 106 Å². The first kappa shape index (κ1) is 11.0. The van der Waals surface area contributed by atoms with Crippen LogP contribution < -0.4 is 0 Å². The van der Waals surface area contributed by atoms with E-state index in [1.165, 1.54) is 5.56 Å². The summed E-state index contributed by atoms with van der Waals surface area (Å²) in [5.41, 5.74) is 2.28. The summed E-state index contributed by atoms with van der Waals surface area (Å²) in [5, 5.41) is 5.46. The molecule has 0 fully saturated rings. The minimum absolute atomic E-state index is 0.475. The van der Waals surface area contributed by atoms with Crippen molar-refractivity contribution in [3.63, 3.8) is 0 Å². The van der Waals surface area contributed by atoms with E-state index in [9.17, 15) is 0 Å². The highest BCUT2D eigenvalue weighted by Gasteiger charge is 2.01. The lowest BCUT2D eigenvalue weighted by molar-refractivity contribution is 0.0590. The number of para-hydroxylation sites is 1. The molecule has 0 aliphatic rings. The van der Waals surface area contributed by atoms with Crippen LogP contribution in [0.3, 0.4) is 0 Å². The molecule has 0 saturated heterocycles. The van der Waals surface area contributed by atoms with Gasteiger partial charge in [-0.05, 0) is 11.6 Å².